The van der Waals surface area contributed by atoms with Crippen molar-refractivity contribution in [1.29, 1.82) is 0 Å². The van der Waals surface area contributed by atoms with E-state index in [9.17, 15) is 22.4 Å². The largest absolute Gasteiger partial charge is 0.352 e. The Morgan fingerprint density at radius 1 is 1.15 bits per heavy atom. The molecule has 0 aliphatic rings. The molecular weight excluding hydrogens is 469 g/mol. The van der Waals surface area contributed by atoms with Crippen LogP contribution in [0, 0.1) is 5.82 Å². The maximum Gasteiger partial charge on any atom is 0.266 e. The highest BCUT2D eigenvalue weighted by molar-refractivity contribution is 7.93. The van der Waals surface area contributed by atoms with Crippen LogP contribution in [0.15, 0.2) is 60.0 Å². The van der Waals surface area contributed by atoms with Crippen molar-refractivity contribution in [3.05, 3.63) is 71.5 Å². The summed E-state index contributed by atoms with van der Waals surface area (Å²) in [5, 5.41) is 5.23. The van der Waals surface area contributed by atoms with Crippen molar-refractivity contribution in [2.24, 2.45) is 0 Å². The first-order valence-corrected chi connectivity index (χ1v) is 12.1. The highest BCUT2D eigenvalue weighted by Gasteiger charge is 2.28. The highest BCUT2D eigenvalue weighted by atomic mass is 35.5. The summed E-state index contributed by atoms with van der Waals surface area (Å²) in [6.07, 6.45) is 2.11. The third-order valence-corrected chi connectivity index (χ3v) is 7.19. The molecule has 0 saturated heterocycles. The van der Waals surface area contributed by atoms with Crippen molar-refractivity contribution in [1.82, 2.24) is 10.6 Å². The number of benzene rings is 2. The Balaban J connectivity index is 2.35. The van der Waals surface area contributed by atoms with E-state index in [1.165, 1.54) is 37.3 Å². The van der Waals surface area contributed by atoms with Crippen LogP contribution in [-0.4, -0.2) is 38.9 Å². The molecule has 2 atom stereocenters. The van der Waals surface area contributed by atoms with Gasteiger partial charge in [-0.05, 0) is 62.7 Å². The Bertz CT molecular complexity index is 1120. The van der Waals surface area contributed by atoms with Gasteiger partial charge in [0.25, 0.3) is 15.9 Å². The smallest absolute Gasteiger partial charge is 0.266 e. The van der Waals surface area contributed by atoms with Gasteiger partial charge < -0.3 is 10.6 Å². The molecule has 10 heteroatoms. The van der Waals surface area contributed by atoms with Crippen LogP contribution in [-0.2, 0) is 14.8 Å². The van der Waals surface area contributed by atoms with E-state index < -0.39 is 27.8 Å². The molecule has 0 spiro atoms. The first kappa shape index (κ1) is 26.3. The lowest BCUT2D eigenvalue weighted by Crippen LogP contribution is -2.47. The molecule has 2 aromatic rings. The number of anilines is 1. The fraction of sp³-hybridized carbons (Fsp3) is 0.304. The second-order valence-corrected chi connectivity index (χ2v) is 9.70. The molecule has 2 N–H and O–H groups in total. The van der Waals surface area contributed by atoms with Gasteiger partial charge in [-0.2, -0.15) is 0 Å². The summed E-state index contributed by atoms with van der Waals surface area (Å²) in [7, 11) is -4.23. The summed E-state index contributed by atoms with van der Waals surface area (Å²) >= 11 is 6.18. The van der Waals surface area contributed by atoms with E-state index in [0.717, 1.165) is 28.9 Å². The summed E-state index contributed by atoms with van der Waals surface area (Å²) < 4.78 is 41.1. The first-order chi connectivity index (χ1) is 15.5. The molecule has 178 valence electrons. The fourth-order valence-corrected chi connectivity index (χ4v) is 4.78. The van der Waals surface area contributed by atoms with Gasteiger partial charge in [0, 0.05) is 11.6 Å². The topological polar surface area (TPSA) is 95.6 Å². The molecule has 7 nitrogen and oxygen atoms in total. The van der Waals surface area contributed by atoms with Crippen LogP contribution >= 0.6 is 11.6 Å². The summed E-state index contributed by atoms with van der Waals surface area (Å²) in [5.41, 5.74) is 0.219. The number of hydrogen-bond acceptors (Lipinski definition) is 4. The van der Waals surface area contributed by atoms with Crippen molar-refractivity contribution in [3.63, 3.8) is 0 Å². The lowest BCUT2D eigenvalue weighted by Gasteiger charge is -2.24. The minimum Gasteiger partial charge on any atom is -0.352 e. The fourth-order valence-electron chi connectivity index (χ4n) is 2.84. The Morgan fingerprint density at radius 3 is 2.36 bits per heavy atom. The van der Waals surface area contributed by atoms with Crippen molar-refractivity contribution in [2.75, 3.05) is 10.8 Å². The molecule has 2 rings (SSSR count). The minimum absolute atomic E-state index is 0.0128. The normalized spacial score (nSPS) is 13.0. The predicted molar refractivity (Wildman–Crippen MR) is 127 cm³/mol. The molecule has 2 amide bonds. The van der Waals surface area contributed by atoms with Gasteiger partial charge in [0.05, 0.1) is 17.3 Å². The van der Waals surface area contributed by atoms with Crippen LogP contribution in [0.2, 0.25) is 5.02 Å². The van der Waals surface area contributed by atoms with Gasteiger partial charge in [-0.15, -0.1) is 6.58 Å². The molecule has 0 fully saturated rings. The maximum atomic E-state index is 13.4. The van der Waals surface area contributed by atoms with E-state index in [2.05, 4.69) is 17.2 Å². The van der Waals surface area contributed by atoms with Crippen LogP contribution in [0.4, 0.5) is 10.1 Å². The average molecular weight is 496 g/mol. The van der Waals surface area contributed by atoms with E-state index in [1.807, 2.05) is 13.8 Å². The van der Waals surface area contributed by atoms with Crippen molar-refractivity contribution < 1.29 is 22.4 Å². The number of hydrogen-bond donors (Lipinski definition) is 2. The molecule has 0 radical (unpaired) electrons. The van der Waals surface area contributed by atoms with E-state index in [-0.39, 0.29) is 39.7 Å². The van der Waals surface area contributed by atoms with Crippen molar-refractivity contribution in [3.8, 4) is 0 Å². The standard InChI is InChI=1S/C23H27ClFN3O4S/c1-5-13-28(19-10-8-18(25)9-11-19)33(31,32)21-14-17(7-12-20(21)24)23(30)27-16(4)22(29)26-15(3)6-2/h5,7-12,14-16H,1,6,13H2,2-4H3,(H,26,29)(H,27,30). The number of nitrogens with zero attached hydrogens (tertiary/aromatic N) is 1. The zero-order chi connectivity index (χ0) is 24.8. The molecule has 0 aromatic heterocycles. The summed E-state index contributed by atoms with van der Waals surface area (Å²) in [6.45, 7) is 8.78. The van der Waals surface area contributed by atoms with E-state index >= 15 is 0 Å². The summed E-state index contributed by atoms with van der Waals surface area (Å²) in [5.74, 6) is -1.50. The number of rotatable bonds is 10. The molecule has 33 heavy (non-hydrogen) atoms. The Morgan fingerprint density at radius 2 is 1.79 bits per heavy atom. The van der Waals surface area contributed by atoms with Gasteiger partial charge in [0.2, 0.25) is 5.91 Å². The molecule has 0 aliphatic carbocycles. The van der Waals surface area contributed by atoms with Crippen molar-refractivity contribution >= 4 is 39.1 Å². The molecule has 0 saturated carbocycles. The van der Waals surface area contributed by atoms with Crippen LogP contribution in [0.5, 0.6) is 0 Å². The third-order valence-electron chi connectivity index (χ3n) is 4.91. The van der Waals surface area contributed by atoms with Crippen LogP contribution in [0.25, 0.3) is 0 Å². The predicted octanol–water partition coefficient (Wildman–Crippen LogP) is 3.89. The second-order valence-electron chi connectivity index (χ2n) is 7.46. The molecule has 0 aliphatic heterocycles. The second kappa shape index (κ2) is 11.3. The quantitative estimate of drug-likeness (QED) is 0.489. The number of amides is 2. The monoisotopic (exact) mass is 495 g/mol. The van der Waals surface area contributed by atoms with Gasteiger partial charge in [-0.3, -0.25) is 13.9 Å². The number of sulfonamides is 1. The van der Waals surface area contributed by atoms with Gasteiger partial charge in [-0.1, -0.05) is 24.6 Å². The van der Waals surface area contributed by atoms with Crippen LogP contribution in [0.1, 0.15) is 37.6 Å². The highest BCUT2D eigenvalue weighted by Crippen LogP contribution is 2.29. The first-order valence-electron chi connectivity index (χ1n) is 10.3. The Labute approximate surface area is 198 Å². The van der Waals surface area contributed by atoms with Gasteiger partial charge in [-0.25, -0.2) is 12.8 Å². The van der Waals surface area contributed by atoms with Gasteiger partial charge >= 0.3 is 0 Å². The molecule has 0 bridgehead atoms. The summed E-state index contributed by atoms with van der Waals surface area (Å²) in [6, 6.07) is 7.83. The van der Waals surface area contributed by atoms with E-state index in [1.54, 1.807) is 0 Å². The Hall–Kier alpha value is -2.91. The Kier molecular flexibility index (Phi) is 9.01. The van der Waals surface area contributed by atoms with Crippen molar-refractivity contribution in [2.45, 2.75) is 44.2 Å². The third kappa shape index (κ3) is 6.55. The number of carbonyl (C=O) groups excluding carboxylic acids is 2. The maximum absolute atomic E-state index is 13.4. The van der Waals surface area contributed by atoms with E-state index in [4.69, 9.17) is 11.6 Å². The zero-order valence-corrected chi connectivity index (χ0v) is 20.2. The summed E-state index contributed by atoms with van der Waals surface area (Å²) in [4.78, 5) is 24.6. The molecule has 2 aromatic carbocycles. The molecular formula is C23H27ClFN3O4S. The zero-order valence-electron chi connectivity index (χ0n) is 18.6. The number of halogens is 2. The molecule has 2 unspecified atom stereocenters. The lowest BCUT2D eigenvalue weighted by molar-refractivity contribution is -0.123. The van der Waals surface area contributed by atoms with Gasteiger partial charge in [0.15, 0.2) is 0 Å². The molecule has 0 heterocycles. The van der Waals surface area contributed by atoms with E-state index in [0.29, 0.717) is 0 Å². The number of carbonyl (C=O) groups is 2. The SMILES string of the molecule is C=CCN(c1ccc(F)cc1)S(=O)(=O)c1cc(C(=O)NC(C)C(=O)NC(C)CC)ccc1Cl. The number of nitrogens with one attached hydrogen (secondary N) is 2. The van der Waals surface area contributed by atoms with Crippen LogP contribution in [0.3, 0.4) is 0 Å². The van der Waals surface area contributed by atoms with Crippen LogP contribution < -0.4 is 14.9 Å². The average Bonchev–Trinajstić information content (AvgIpc) is 2.77. The lowest BCUT2D eigenvalue weighted by atomic mass is 10.2. The van der Waals surface area contributed by atoms with Gasteiger partial charge in [0.1, 0.15) is 16.8 Å². The minimum atomic E-state index is -4.23.